The number of nitrogens with two attached hydrogens (primary N) is 1. The summed E-state index contributed by atoms with van der Waals surface area (Å²) in [5.41, 5.74) is 5.28. The number of rotatable bonds is 5. The quantitative estimate of drug-likeness (QED) is 0.847. The molecule has 0 amide bonds. The van der Waals surface area contributed by atoms with Crippen LogP contribution in [-0.4, -0.2) is 12.7 Å². The van der Waals surface area contributed by atoms with Crippen LogP contribution in [0.25, 0.3) is 0 Å². The van der Waals surface area contributed by atoms with Gasteiger partial charge in [-0.2, -0.15) is 0 Å². The molecule has 1 nitrogen and oxygen atoms in total. The highest BCUT2D eigenvalue weighted by Crippen LogP contribution is 2.23. The monoisotopic (exact) mass is 245 g/mol. The first-order valence-corrected chi connectivity index (χ1v) is 5.74. The number of benzene rings is 1. The molecule has 0 aliphatic rings. The molecule has 0 aliphatic carbocycles. The van der Waals surface area contributed by atoms with Gasteiger partial charge >= 0.3 is 0 Å². The Balaban J connectivity index is 2.83. The molecule has 0 saturated carbocycles. The van der Waals surface area contributed by atoms with E-state index in [4.69, 9.17) is 5.73 Å². The van der Waals surface area contributed by atoms with E-state index >= 15 is 0 Å². The summed E-state index contributed by atoms with van der Waals surface area (Å²) in [6, 6.07) is 3.54. The fourth-order valence-electron chi connectivity index (χ4n) is 1.91. The molecular formula is C13H18F3N. The molecule has 2 unspecified atom stereocenters. The third-order valence-corrected chi connectivity index (χ3v) is 3.05. The normalized spacial score (nSPS) is 15.0. The van der Waals surface area contributed by atoms with E-state index in [2.05, 4.69) is 0 Å². The molecular weight excluding hydrogens is 227 g/mol. The largest absolute Gasteiger partial charge is 0.330 e. The average molecular weight is 245 g/mol. The van der Waals surface area contributed by atoms with E-state index in [1.165, 1.54) is 6.07 Å². The summed E-state index contributed by atoms with van der Waals surface area (Å²) in [6.07, 6.45) is -1.59. The van der Waals surface area contributed by atoms with Gasteiger partial charge in [0.05, 0.1) is 0 Å². The van der Waals surface area contributed by atoms with Gasteiger partial charge in [-0.05, 0) is 24.6 Å². The summed E-state index contributed by atoms with van der Waals surface area (Å²) in [6.45, 7) is 3.87. The van der Waals surface area contributed by atoms with Crippen LogP contribution >= 0.6 is 0 Å². The van der Waals surface area contributed by atoms with E-state index < -0.39 is 17.8 Å². The van der Waals surface area contributed by atoms with E-state index in [1.807, 2.05) is 13.8 Å². The fraction of sp³-hybridized carbons (Fsp3) is 0.538. The van der Waals surface area contributed by atoms with Gasteiger partial charge in [0, 0.05) is 17.9 Å². The summed E-state index contributed by atoms with van der Waals surface area (Å²) in [7, 11) is 0. The zero-order valence-corrected chi connectivity index (χ0v) is 10.1. The highest BCUT2D eigenvalue weighted by atomic mass is 19.1. The Labute approximate surface area is 99.8 Å². The molecule has 1 aromatic rings. The predicted molar refractivity (Wildman–Crippen MR) is 62.3 cm³/mol. The van der Waals surface area contributed by atoms with Crippen molar-refractivity contribution < 1.29 is 13.2 Å². The van der Waals surface area contributed by atoms with Crippen LogP contribution in [0.2, 0.25) is 0 Å². The summed E-state index contributed by atoms with van der Waals surface area (Å²) >= 11 is 0. The summed E-state index contributed by atoms with van der Waals surface area (Å²) in [4.78, 5) is 0. The number of halogens is 3. The smallest absolute Gasteiger partial charge is 0.129 e. The molecule has 0 saturated heterocycles. The van der Waals surface area contributed by atoms with Gasteiger partial charge in [0.2, 0.25) is 0 Å². The van der Waals surface area contributed by atoms with Gasteiger partial charge in [0.1, 0.15) is 17.8 Å². The number of hydrogen-bond donors (Lipinski definition) is 1. The Bertz CT molecular complexity index is 345. The van der Waals surface area contributed by atoms with E-state index in [0.717, 1.165) is 12.1 Å². The molecule has 1 aromatic carbocycles. The van der Waals surface area contributed by atoms with Crippen LogP contribution in [0.5, 0.6) is 0 Å². The van der Waals surface area contributed by atoms with Crippen molar-refractivity contribution in [2.24, 2.45) is 17.6 Å². The van der Waals surface area contributed by atoms with Crippen LogP contribution < -0.4 is 5.73 Å². The lowest BCUT2D eigenvalue weighted by molar-refractivity contribution is 0.183. The maximum Gasteiger partial charge on any atom is 0.129 e. The van der Waals surface area contributed by atoms with Crippen molar-refractivity contribution >= 4 is 0 Å². The van der Waals surface area contributed by atoms with Gasteiger partial charge in [-0.3, -0.25) is 0 Å². The van der Waals surface area contributed by atoms with Crippen molar-refractivity contribution in [3.8, 4) is 0 Å². The Kier molecular flexibility index (Phi) is 5.00. The van der Waals surface area contributed by atoms with Crippen LogP contribution in [0.4, 0.5) is 13.2 Å². The van der Waals surface area contributed by atoms with E-state index in [0.29, 0.717) is 0 Å². The Morgan fingerprint density at radius 3 is 2.12 bits per heavy atom. The van der Waals surface area contributed by atoms with E-state index in [-0.39, 0.29) is 30.4 Å². The van der Waals surface area contributed by atoms with Crippen molar-refractivity contribution in [2.45, 2.75) is 26.4 Å². The van der Waals surface area contributed by atoms with Crippen molar-refractivity contribution in [3.63, 3.8) is 0 Å². The van der Waals surface area contributed by atoms with Crippen molar-refractivity contribution in [3.05, 3.63) is 35.4 Å². The predicted octanol–water partition coefficient (Wildman–Crippen LogP) is 3.08. The second-order valence-corrected chi connectivity index (χ2v) is 4.56. The minimum atomic E-state index is -1.33. The van der Waals surface area contributed by atoms with Crippen LogP contribution in [0.15, 0.2) is 18.2 Å². The first-order chi connectivity index (χ1) is 7.97. The molecule has 96 valence electrons. The van der Waals surface area contributed by atoms with Gasteiger partial charge < -0.3 is 5.73 Å². The molecule has 17 heavy (non-hydrogen) atoms. The lowest BCUT2D eigenvalue weighted by Gasteiger charge is -2.23. The molecule has 0 spiro atoms. The Hall–Kier alpha value is -1.03. The highest BCUT2D eigenvalue weighted by molar-refractivity contribution is 5.20. The van der Waals surface area contributed by atoms with Crippen molar-refractivity contribution in [1.29, 1.82) is 0 Å². The Morgan fingerprint density at radius 1 is 1.18 bits per heavy atom. The molecule has 0 bridgehead atoms. The molecule has 1 rings (SSSR count). The Morgan fingerprint density at radius 2 is 1.71 bits per heavy atom. The van der Waals surface area contributed by atoms with Crippen LogP contribution in [0.1, 0.15) is 19.4 Å². The molecule has 4 heteroatoms. The van der Waals surface area contributed by atoms with Gasteiger partial charge in [0.15, 0.2) is 0 Å². The fourth-order valence-corrected chi connectivity index (χ4v) is 1.91. The zero-order chi connectivity index (χ0) is 13.0. The van der Waals surface area contributed by atoms with E-state index in [1.54, 1.807) is 0 Å². The van der Waals surface area contributed by atoms with Crippen molar-refractivity contribution in [2.75, 3.05) is 6.54 Å². The second kappa shape index (κ2) is 6.05. The van der Waals surface area contributed by atoms with Crippen LogP contribution in [0, 0.1) is 23.5 Å². The lowest BCUT2D eigenvalue weighted by Crippen LogP contribution is -2.31. The maximum atomic E-state index is 14.0. The third-order valence-electron chi connectivity index (χ3n) is 3.05. The zero-order valence-electron chi connectivity index (χ0n) is 10.1. The molecule has 0 radical (unpaired) electrons. The molecule has 2 atom stereocenters. The van der Waals surface area contributed by atoms with Crippen molar-refractivity contribution in [1.82, 2.24) is 0 Å². The molecule has 0 heterocycles. The average Bonchev–Trinajstić information content (AvgIpc) is 2.24. The van der Waals surface area contributed by atoms with E-state index in [9.17, 15) is 13.2 Å². The number of alkyl halides is 1. The summed E-state index contributed by atoms with van der Waals surface area (Å²) in [5.74, 6) is -1.74. The number of hydrogen-bond acceptors (Lipinski definition) is 1. The highest BCUT2D eigenvalue weighted by Gasteiger charge is 2.25. The van der Waals surface area contributed by atoms with Crippen LogP contribution in [-0.2, 0) is 6.42 Å². The second-order valence-electron chi connectivity index (χ2n) is 4.56. The molecule has 0 aromatic heterocycles. The summed E-state index contributed by atoms with van der Waals surface area (Å²) < 4.78 is 40.6. The molecule has 2 N–H and O–H groups in total. The first kappa shape index (κ1) is 14.0. The topological polar surface area (TPSA) is 26.0 Å². The molecule has 0 aliphatic heterocycles. The SMILES string of the molecule is CC(C)C(CN)C(F)Cc1c(F)cccc1F. The summed E-state index contributed by atoms with van der Waals surface area (Å²) in [5, 5.41) is 0. The minimum absolute atomic E-state index is 0.0461. The van der Waals surface area contributed by atoms with Gasteiger partial charge in [-0.15, -0.1) is 0 Å². The third kappa shape index (κ3) is 3.46. The first-order valence-electron chi connectivity index (χ1n) is 5.74. The lowest BCUT2D eigenvalue weighted by atomic mass is 9.88. The van der Waals surface area contributed by atoms with Gasteiger partial charge in [-0.25, -0.2) is 13.2 Å². The minimum Gasteiger partial charge on any atom is -0.330 e. The standard InChI is InChI=1S/C13H18F3N/c1-8(2)10(7-17)13(16)6-9-11(14)4-3-5-12(9)15/h3-5,8,10,13H,6-7,17H2,1-2H3. The molecule has 0 fully saturated rings. The van der Waals surface area contributed by atoms with Gasteiger partial charge in [0.25, 0.3) is 0 Å². The van der Waals surface area contributed by atoms with Crippen LogP contribution in [0.3, 0.4) is 0 Å². The maximum absolute atomic E-state index is 14.0. The van der Waals surface area contributed by atoms with Gasteiger partial charge in [-0.1, -0.05) is 19.9 Å².